The van der Waals surface area contributed by atoms with Crippen molar-refractivity contribution >= 4 is 6.08 Å². The molecule has 2 N–H and O–H groups in total. The van der Waals surface area contributed by atoms with Crippen molar-refractivity contribution in [2.24, 2.45) is 5.73 Å². The lowest BCUT2D eigenvalue weighted by Gasteiger charge is -2.08. The van der Waals surface area contributed by atoms with Crippen molar-refractivity contribution in [3.8, 4) is 29.7 Å². The standard InChI is InChI=1S/C15H12N4O2/c1-20-13-3-4-14(21-2)10(6-13)5-11(7-16)15(19)12(8-17)9-18/h3-6H,19H2,1-2H3. The van der Waals surface area contributed by atoms with E-state index in [2.05, 4.69) is 0 Å². The minimum atomic E-state index is -0.315. The van der Waals surface area contributed by atoms with Crippen LogP contribution < -0.4 is 15.2 Å². The molecule has 104 valence electrons. The monoisotopic (exact) mass is 280 g/mol. The van der Waals surface area contributed by atoms with Crippen LogP contribution in [0.3, 0.4) is 0 Å². The number of benzene rings is 1. The summed E-state index contributed by atoms with van der Waals surface area (Å²) in [6.45, 7) is 0. The molecule has 0 heterocycles. The molecule has 0 unspecified atom stereocenters. The van der Waals surface area contributed by atoms with E-state index in [1.165, 1.54) is 20.3 Å². The maximum absolute atomic E-state index is 9.16. The predicted octanol–water partition coefficient (Wildman–Crippen LogP) is 1.87. The second kappa shape index (κ2) is 7.23. The van der Waals surface area contributed by atoms with Gasteiger partial charge in [0.25, 0.3) is 0 Å². The molecule has 0 spiro atoms. The van der Waals surface area contributed by atoms with Gasteiger partial charge in [-0.05, 0) is 24.3 Å². The van der Waals surface area contributed by atoms with Crippen LogP contribution >= 0.6 is 0 Å². The zero-order valence-corrected chi connectivity index (χ0v) is 11.5. The molecule has 1 aromatic carbocycles. The Bertz CT molecular complexity index is 712. The summed E-state index contributed by atoms with van der Waals surface area (Å²) in [6, 6.07) is 10.2. The van der Waals surface area contributed by atoms with Crippen LogP contribution in [0.25, 0.3) is 6.08 Å². The van der Waals surface area contributed by atoms with Crippen molar-refractivity contribution in [1.82, 2.24) is 0 Å². The van der Waals surface area contributed by atoms with Crippen LogP contribution in [0.15, 0.2) is 35.0 Å². The van der Waals surface area contributed by atoms with Crippen molar-refractivity contribution in [2.75, 3.05) is 14.2 Å². The Kier molecular flexibility index (Phi) is 5.38. The zero-order chi connectivity index (χ0) is 15.8. The van der Waals surface area contributed by atoms with Crippen LogP contribution in [-0.2, 0) is 0 Å². The van der Waals surface area contributed by atoms with Crippen molar-refractivity contribution in [1.29, 1.82) is 15.8 Å². The average molecular weight is 280 g/mol. The fourth-order valence-corrected chi connectivity index (χ4v) is 1.56. The molecule has 0 amide bonds. The summed E-state index contributed by atoms with van der Waals surface area (Å²) in [5.41, 5.74) is 5.73. The third kappa shape index (κ3) is 3.53. The van der Waals surface area contributed by atoms with Crippen LogP contribution in [0.4, 0.5) is 0 Å². The minimum Gasteiger partial charge on any atom is -0.497 e. The number of nitriles is 3. The maximum atomic E-state index is 9.16. The van der Waals surface area contributed by atoms with Crippen LogP contribution in [0, 0.1) is 34.0 Å². The second-order valence-electron chi connectivity index (χ2n) is 3.79. The van der Waals surface area contributed by atoms with Gasteiger partial charge in [-0.15, -0.1) is 0 Å². The van der Waals surface area contributed by atoms with E-state index in [-0.39, 0.29) is 16.8 Å². The molecule has 0 aliphatic carbocycles. The van der Waals surface area contributed by atoms with Gasteiger partial charge < -0.3 is 15.2 Å². The number of methoxy groups -OCH3 is 2. The van der Waals surface area contributed by atoms with Gasteiger partial charge in [-0.25, -0.2) is 0 Å². The van der Waals surface area contributed by atoms with Gasteiger partial charge in [0.05, 0.1) is 25.5 Å². The molecule has 0 saturated carbocycles. The molecule has 1 aromatic rings. The minimum absolute atomic E-state index is 0.000321. The maximum Gasteiger partial charge on any atom is 0.153 e. The molecule has 0 fully saturated rings. The van der Waals surface area contributed by atoms with E-state index in [0.29, 0.717) is 17.1 Å². The van der Waals surface area contributed by atoms with E-state index in [1.54, 1.807) is 30.3 Å². The number of nitrogens with zero attached hydrogens (tertiary/aromatic N) is 3. The Hall–Kier alpha value is -3.43. The zero-order valence-electron chi connectivity index (χ0n) is 11.5. The average Bonchev–Trinajstić information content (AvgIpc) is 2.53. The molecule has 1 rings (SSSR count). The number of hydrogen-bond donors (Lipinski definition) is 1. The van der Waals surface area contributed by atoms with Crippen molar-refractivity contribution in [3.05, 3.63) is 40.6 Å². The van der Waals surface area contributed by atoms with E-state index in [1.807, 2.05) is 6.07 Å². The number of hydrogen-bond acceptors (Lipinski definition) is 6. The Morgan fingerprint density at radius 1 is 1.10 bits per heavy atom. The lowest BCUT2D eigenvalue weighted by atomic mass is 10.1. The van der Waals surface area contributed by atoms with Gasteiger partial charge in [0.15, 0.2) is 5.57 Å². The molecule has 0 aliphatic rings. The van der Waals surface area contributed by atoms with Crippen LogP contribution in [0.5, 0.6) is 11.5 Å². The lowest BCUT2D eigenvalue weighted by Crippen LogP contribution is -2.03. The van der Waals surface area contributed by atoms with Crippen molar-refractivity contribution in [2.45, 2.75) is 0 Å². The quantitative estimate of drug-likeness (QED) is 0.664. The largest absolute Gasteiger partial charge is 0.497 e. The van der Waals surface area contributed by atoms with E-state index in [4.69, 9.17) is 31.0 Å². The molecule has 0 aliphatic heterocycles. The first-order chi connectivity index (χ1) is 10.1. The number of nitrogens with two attached hydrogens (primary N) is 1. The van der Waals surface area contributed by atoms with Gasteiger partial charge in [-0.1, -0.05) is 0 Å². The fraction of sp³-hybridized carbons (Fsp3) is 0.133. The smallest absolute Gasteiger partial charge is 0.153 e. The molecule has 0 saturated heterocycles. The van der Waals surface area contributed by atoms with Crippen LogP contribution in [0.2, 0.25) is 0 Å². The van der Waals surface area contributed by atoms with E-state index < -0.39 is 0 Å². The first kappa shape index (κ1) is 15.6. The molecule has 0 radical (unpaired) electrons. The lowest BCUT2D eigenvalue weighted by molar-refractivity contribution is 0.402. The summed E-state index contributed by atoms with van der Waals surface area (Å²) >= 11 is 0. The van der Waals surface area contributed by atoms with Gasteiger partial charge in [0.2, 0.25) is 0 Å². The highest BCUT2D eigenvalue weighted by Crippen LogP contribution is 2.27. The molecule has 21 heavy (non-hydrogen) atoms. The predicted molar refractivity (Wildman–Crippen MR) is 75.6 cm³/mol. The summed E-state index contributed by atoms with van der Waals surface area (Å²) < 4.78 is 10.3. The summed E-state index contributed by atoms with van der Waals surface area (Å²) in [6.07, 6.45) is 1.44. The van der Waals surface area contributed by atoms with E-state index in [0.717, 1.165) is 0 Å². The molecule has 0 atom stereocenters. The number of allylic oxidation sites excluding steroid dienone is 2. The van der Waals surface area contributed by atoms with E-state index >= 15 is 0 Å². The van der Waals surface area contributed by atoms with Gasteiger partial charge in [0, 0.05) is 5.56 Å². The Labute approximate surface area is 122 Å². The van der Waals surface area contributed by atoms with Gasteiger partial charge in [0.1, 0.15) is 29.7 Å². The van der Waals surface area contributed by atoms with Crippen molar-refractivity contribution < 1.29 is 9.47 Å². The molecular formula is C15H12N4O2. The number of ether oxygens (including phenoxy) is 2. The highest BCUT2D eigenvalue weighted by atomic mass is 16.5. The van der Waals surface area contributed by atoms with E-state index in [9.17, 15) is 0 Å². The molecule has 6 nitrogen and oxygen atoms in total. The van der Waals surface area contributed by atoms with Crippen LogP contribution in [0.1, 0.15) is 5.56 Å². The molecular weight excluding hydrogens is 268 g/mol. The summed E-state index contributed by atoms with van der Waals surface area (Å²) in [4.78, 5) is 0. The third-order valence-electron chi connectivity index (χ3n) is 2.64. The topological polar surface area (TPSA) is 116 Å². The van der Waals surface area contributed by atoms with Crippen molar-refractivity contribution in [3.63, 3.8) is 0 Å². The Morgan fingerprint density at radius 3 is 2.24 bits per heavy atom. The molecule has 6 heteroatoms. The Morgan fingerprint density at radius 2 is 1.76 bits per heavy atom. The Balaban J connectivity index is 3.47. The van der Waals surface area contributed by atoms with Gasteiger partial charge in [-0.3, -0.25) is 0 Å². The second-order valence-corrected chi connectivity index (χ2v) is 3.79. The molecule has 0 aromatic heterocycles. The number of rotatable bonds is 4. The van der Waals surface area contributed by atoms with Gasteiger partial charge in [-0.2, -0.15) is 15.8 Å². The highest BCUT2D eigenvalue weighted by molar-refractivity contribution is 5.70. The summed E-state index contributed by atoms with van der Waals surface area (Å²) in [7, 11) is 3.00. The van der Waals surface area contributed by atoms with Crippen LogP contribution in [-0.4, -0.2) is 14.2 Å². The first-order valence-corrected chi connectivity index (χ1v) is 5.75. The van der Waals surface area contributed by atoms with Gasteiger partial charge >= 0.3 is 0 Å². The molecule has 0 bridgehead atoms. The summed E-state index contributed by atoms with van der Waals surface area (Å²) in [5, 5.41) is 26.8. The fourth-order valence-electron chi connectivity index (χ4n) is 1.56. The SMILES string of the molecule is COc1ccc(OC)c(C=C(C#N)C(N)=C(C#N)C#N)c1. The first-order valence-electron chi connectivity index (χ1n) is 5.75. The third-order valence-corrected chi connectivity index (χ3v) is 2.64. The highest BCUT2D eigenvalue weighted by Gasteiger charge is 2.10. The summed E-state index contributed by atoms with van der Waals surface area (Å²) in [5.74, 6) is 1.08. The normalized spacial score (nSPS) is 9.76.